The molecule has 1 aliphatic carbocycles. The summed E-state index contributed by atoms with van der Waals surface area (Å²) in [5.74, 6) is 1.34. The minimum Gasteiger partial charge on any atom is -0.325 e. The van der Waals surface area contributed by atoms with Gasteiger partial charge in [-0.1, -0.05) is 30.0 Å². The Balaban J connectivity index is 1.21. The highest BCUT2D eigenvalue weighted by molar-refractivity contribution is 7.99. The van der Waals surface area contributed by atoms with Gasteiger partial charge in [-0.3, -0.25) is 4.79 Å². The molecule has 2 heterocycles. The van der Waals surface area contributed by atoms with Crippen molar-refractivity contribution >= 4 is 33.4 Å². The largest absolute Gasteiger partial charge is 0.325 e. The molecule has 2 fully saturated rings. The second-order valence-corrected chi connectivity index (χ2v) is 11.1. The van der Waals surface area contributed by atoms with Crippen LogP contribution in [0.15, 0.2) is 64.6 Å². The number of carbonyl (C=O) groups is 1. The van der Waals surface area contributed by atoms with E-state index in [0.29, 0.717) is 29.9 Å². The standard InChI is InChI=1S/C23H25N5O3S2/c29-21(24-18-10-12-20(13-11-18)33(30,31)27-14-4-5-15-27)16-32-23-25-22(17-8-9-17)28(26-23)19-6-2-1-3-7-19/h1-3,6-7,10-13,17H,4-5,8-9,14-16H2,(H,24,29). The van der Waals surface area contributed by atoms with E-state index >= 15 is 0 Å². The maximum Gasteiger partial charge on any atom is 0.243 e. The Morgan fingerprint density at radius 2 is 1.73 bits per heavy atom. The summed E-state index contributed by atoms with van der Waals surface area (Å²) >= 11 is 1.29. The van der Waals surface area contributed by atoms with E-state index in [1.54, 1.807) is 24.3 Å². The van der Waals surface area contributed by atoms with E-state index in [1.165, 1.54) is 16.1 Å². The van der Waals surface area contributed by atoms with E-state index in [4.69, 9.17) is 0 Å². The second-order valence-electron chi connectivity index (χ2n) is 8.25. The van der Waals surface area contributed by atoms with Crippen LogP contribution in [0.4, 0.5) is 5.69 Å². The van der Waals surface area contributed by atoms with E-state index in [-0.39, 0.29) is 16.6 Å². The van der Waals surface area contributed by atoms with Crippen molar-refractivity contribution in [2.24, 2.45) is 0 Å². The van der Waals surface area contributed by atoms with Gasteiger partial charge in [0.25, 0.3) is 0 Å². The topological polar surface area (TPSA) is 97.2 Å². The summed E-state index contributed by atoms with van der Waals surface area (Å²) in [6.45, 7) is 1.13. The highest BCUT2D eigenvalue weighted by Crippen LogP contribution is 2.40. The minimum atomic E-state index is -3.46. The molecular weight excluding hydrogens is 458 g/mol. The van der Waals surface area contributed by atoms with Crippen LogP contribution in [0.25, 0.3) is 5.69 Å². The predicted octanol–water partition coefficient (Wildman–Crippen LogP) is 3.66. The van der Waals surface area contributed by atoms with Crippen LogP contribution in [0.2, 0.25) is 0 Å². The average molecular weight is 484 g/mol. The van der Waals surface area contributed by atoms with Crippen LogP contribution in [0, 0.1) is 0 Å². The molecule has 2 aromatic carbocycles. The van der Waals surface area contributed by atoms with Crippen LogP contribution in [0.1, 0.15) is 37.4 Å². The Hall–Kier alpha value is -2.69. The molecule has 0 spiro atoms. The lowest BCUT2D eigenvalue weighted by molar-refractivity contribution is -0.113. The number of sulfonamides is 1. The molecule has 2 aliphatic rings. The molecule has 172 valence electrons. The fourth-order valence-electron chi connectivity index (χ4n) is 3.85. The van der Waals surface area contributed by atoms with Crippen molar-refractivity contribution in [3.05, 3.63) is 60.4 Å². The van der Waals surface area contributed by atoms with Crippen LogP contribution in [-0.4, -0.2) is 52.2 Å². The number of nitrogens with one attached hydrogen (secondary N) is 1. The van der Waals surface area contributed by atoms with Crippen molar-refractivity contribution in [3.8, 4) is 5.69 Å². The average Bonchev–Trinajstić information content (AvgIpc) is 3.33. The summed E-state index contributed by atoms with van der Waals surface area (Å²) < 4.78 is 28.6. The first-order valence-electron chi connectivity index (χ1n) is 11.1. The number of para-hydroxylation sites is 1. The molecule has 0 bridgehead atoms. The van der Waals surface area contributed by atoms with Crippen molar-refractivity contribution < 1.29 is 13.2 Å². The molecule has 0 atom stereocenters. The molecule has 10 heteroatoms. The van der Waals surface area contributed by atoms with Gasteiger partial charge in [0.2, 0.25) is 21.1 Å². The van der Waals surface area contributed by atoms with Crippen LogP contribution >= 0.6 is 11.8 Å². The maximum atomic E-state index is 12.6. The number of amides is 1. The zero-order valence-electron chi connectivity index (χ0n) is 18.1. The quantitative estimate of drug-likeness (QED) is 0.491. The summed E-state index contributed by atoms with van der Waals surface area (Å²) in [4.78, 5) is 17.4. The summed E-state index contributed by atoms with van der Waals surface area (Å²) in [6, 6.07) is 16.2. The SMILES string of the molecule is O=C(CSc1nc(C2CC2)n(-c2ccccc2)n1)Nc1ccc(S(=O)(=O)N2CCCC2)cc1. The summed E-state index contributed by atoms with van der Waals surface area (Å²) in [5, 5.41) is 8.00. The lowest BCUT2D eigenvalue weighted by Crippen LogP contribution is -2.27. The van der Waals surface area contributed by atoms with Gasteiger partial charge in [-0.15, -0.1) is 5.10 Å². The fraction of sp³-hybridized carbons (Fsp3) is 0.348. The van der Waals surface area contributed by atoms with Gasteiger partial charge < -0.3 is 5.32 Å². The molecule has 0 unspecified atom stereocenters. The molecule has 5 rings (SSSR count). The van der Waals surface area contributed by atoms with E-state index in [0.717, 1.165) is 37.2 Å². The normalized spacial score (nSPS) is 16.7. The van der Waals surface area contributed by atoms with Gasteiger partial charge in [0.05, 0.1) is 16.3 Å². The first-order chi connectivity index (χ1) is 16.0. The number of anilines is 1. The Labute approximate surface area is 197 Å². The number of carbonyl (C=O) groups excluding carboxylic acids is 1. The Morgan fingerprint density at radius 1 is 1.03 bits per heavy atom. The van der Waals surface area contributed by atoms with Crippen LogP contribution in [-0.2, 0) is 14.8 Å². The number of thioether (sulfide) groups is 1. The zero-order chi connectivity index (χ0) is 22.8. The molecule has 1 saturated carbocycles. The fourth-order valence-corrected chi connectivity index (χ4v) is 5.99. The maximum absolute atomic E-state index is 12.6. The van der Waals surface area contributed by atoms with E-state index in [1.807, 2.05) is 35.0 Å². The minimum absolute atomic E-state index is 0.163. The van der Waals surface area contributed by atoms with Gasteiger partial charge >= 0.3 is 0 Å². The molecule has 1 amide bonds. The Kier molecular flexibility index (Phi) is 6.22. The smallest absolute Gasteiger partial charge is 0.243 e. The molecule has 33 heavy (non-hydrogen) atoms. The number of aromatic nitrogens is 3. The summed E-state index contributed by atoms with van der Waals surface area (Å²) in [5.41, 5.74) is 1.52. The Morgan fingerprint density at radius 3 is 2.39 bits per heavy atom. The van der Waals surface area contributed by atoms with Gasteiger partial charge in [-0.25, -0.2) is 18.1 Å². The predicted molar refractivity (Wildman–Crippen MR) is 127 cm³/mol. The van der Waals surface area contributed by atoms with Crippen LogP contribution < -0.4 is 5.32 Å². The van der Waals surface area contributed by atoms with Crippen LogP contribution in [0.5, 0.6) is 0 Å². The molecule has 1 aromatic heterocycles. The molecule has 8 nitrogen and oxygen atoms in total. The third-order valence-electron chi connectivity index (χ3n) is 5.73. The number of hydrogen-bond donors (Lipinski definition) is 1. The first kappa shape index (κ1) is 22.1. The van der Waals surface area contributed by atoms with Gasteiger partial charge in [0, 0.05) is 24.7 Å². The monoisotopic (exact) mass is 483 g/mol. The van der Waals surface area contributed by atoms with Crippen molar-refractivity contribution in [2.75, 3.05) is 24.2 Å². The molecule has 1 saturated heterocycles. The third-order valence-corrected chi connectivity index (χ3v) is 8.48. The van der Waals surface area contributed by atoms with Gasteiger partial charge in [-0.2, -0.15) is 4.31 Å². The second kappa shape index (κ2) is 9.28. The van der Waals surface area contributed by atoms with Crippen molar-refractivity contribution in [1.29, 1.82) is 0 Å². The Bertz CT molecular complexity index is 1230. The number of nitrogens with zero attached hydrogens (tertiary/aromatic N) is 4. The highest BCUT2D eigenvalue weighted by atomic mass is 32.2. The number of benzene rings is 2. The summed E-state index contributed by atoms with van der Waals surface area (Å²) in [7, 11) is -3.46. The highest BCUT2D eigenvalue weighted by Gasteiger charge is 2.30. The molecule has 3 aromatic rings. The van der Waals surface area contributed by atoms with Crippen LogP contribution in [0.3, 0.4) is 0 Å². The van der Waals surface area contributed by atoms with E-state index < -0.39 is 10.0 Å². The van der Waals surface area contributed by atoms with Gasteiger partial charge in [0.1, 0.15) is 5.82 Å². The van der Waals surface area contributed by atoms with Gasteiger partial charge in [0.15, 0.2) is 0 Å². The lowest BCUT2D eigenvalue weighted by atomic mass is 10.3. The number of hydrogen-bond acceptors (Lipinski definition) is 6. The molecular formula is C23H25N5O3S2. The van der Waals surface area contributed by atoms with Crippen molar-refractivity contribution in [3.63, 3.8) is 0 Å². The molecule has 0 radical (unpaired) electrons. The molecule has 1 aliphatic heterocycles. The van der Waals surface area contributed by atoms with E-state index in [9.17, 15) is 13.2 Å². The van der Waals surface area contributed by atoms with Gasteiger partial charge in [-0.05, 0) is 62.1 Å². The summed E-state index contributed by atoms with van der Waals surface area (Å²) in [6.07, 6.45) is 4.01. The van der Waals surface area contributed by atoms with Crippen molar-refractivity contribution in [1.82, 2.24) is 19.1 Å². The number of rotatable bonds is 8. The lowest BCUT2D eigenvalue weighted by Gasteiger charge is -2.15. The molecule has 1 N–H and O–H groups in total. The third kappa shape index (κ3) is 4.97. The first-order valence-corrected chi connectivity index (χ1v) is 13.5. The van der Waals surface area contributed by atoms with E-state index in [2.05, 4.69) is 15.4 Å². The van der Waals surface area contributed by atoms with Crippen molar-refractivity contribution in [2.45, 2.75) is 41.7 Å². The zero-order valence-corrected chi connectivity index (χ0v) is 19.7.